The second kappa shape index (κ2) is 4.57. The second-order valence-electron chi connectivity index (χ2n) is 4.95. The average Bonchev–Trinajstić information content (AvgIpc) is 2.38. The molecule has 1 aromatic rings. The lowest BCUT2D eigenvalue weighted by atomic mass is 9.94. The molecule has 0 unspecified atom stereocenters. The van der Waals surface area contributed by atoms with Gasteiger partial charge in [-0.3, -0.25) is 4.79 Å². The van der Waals surface area contributed by atoms with Crippen molar-refractivity contribution in [3.8, 4) is 0 Å². The van der Waals surface area contributed by atoms with Gasteiger partial charge in [0.1, 0.15) is 5.54 Å². The van der Waals surface area contributed by atoms with Crippen LogP contribution in [0.15, 0.2) is 18.2 Å². The van der Waals surface area contributed by atoms with E-state index in [9.17, 15) is 9.59 Å². The maximum atomic E-state index is 12.1. The summed E-state index contributed by atoms with van der Waals surface area (Å²) >= 11 is 0. The van der Waals surface area contributed by atoms with Gasteiger partial charge in [-0.05, 0) is 32.9 Å². The minimum absolute atomic E-state index is 0.0798. The Labute approximate surface area is 112 Å². The molecular weight excluding hydrogens is 244 g/mol. The van der Waals surface area contributed by atoms with Crippen LogP contribution in [-0.2, 0) is 9.53 Å². The molecule has 19 heavy (non-hydrogen) atoms. The van der Waals surface area contributed by atoms with Crippen LogP contribution in [0.4, 0.5) is 11.4 Å². The van der Waals surface area contributed by atoms with Gasteiger partial charge in [0.25, 0.3) is 0 Å². The number of esters is 1. The molecule has 5 heteroatoms. The van der Waals surface area contributed by atoms with Crippen LogP contribution in [-0.4, -0.2) is 31.1 Å². The van der Waals surface area contributed by atoms with E-state index in [1.54, 1.807) is 18.2 Å². The fourth-order valence-corrected chi connectivity index (χ4v) is 2.44. The lowest BCUT2D eigenvalue weighted by Crippen LogP contribution is -2.56. The number of nitrogens with zero attached hydrogens (tertiary/aromatic N) is 1. The van der Waals surface area contributed by atoms with Gasteiger partial charge in [0.05, 0.1) is 24.0 Å². The average molecular weight is 262 g/mol. The Balaban J connectivity index is 2.66. The van der Waals surface area contributed by atoms with Gasteiger partial charge in [0, 0.05) is 6.54 Å². The van der Waals surface area contributed by atoms with Crippen molar-refractivity contribution in [1.29, 1.82) is 0 Å². The molecule has 0 bridgehead atoms. The standard InChI is InChI=1S/C14H18N2O3/c1-5-16-11-9(12(17)19-4)7-6-8-10(11)15-13(18)14(16,2)3/h6-8H,5H2,1-4H3,(H,15,18). The number of methoxy groups -OCH3 is 1. The minimum atomic E-state index is -0.703. The van der Waals surface area contributed by atoms with Crippen molar-refractivity contribution in [2.24, 2.45) is 0 Å². The number of carbonyl (C=O) groups excluding carboxylic acids is 2. The number of para-hydroxylation sites is 1. The molecule has 1 aliphatic rings. The maximum Gasteiger partial charge on any atom is 0.340 e. The molecule has 1 N–H and O–H groups in total. The van der Waals surface area contributed by atoms with Crippen molar-refractivity contribution in [3.05, 3.63) is 23.8 Å². The van der Waals surface area contributed by atoms with Crippen LogP contribution in [0.1, 0.15) is 31.1 Å². The zero-order chi connectivity index (χ0) is 14.2. The highest BCUT2D eigenvalue weighted by Gasteiger charge is 2.41. The number of amides is 1. The molecule has 0 atom stereocenters. The molecule has 0 aliphatic carbocycles. The molecule has 102 valence electrons. The first-order valence-electron chi connectivity index (χ1n) is 6.24. The van der Waals surface area contributed by atoms with Gasteiger partial charge in [-0.15, -0.1) is 0 Å². The van der Waals surface area contributed by atoms with Crippen molar-refractivity contribution in [1.82, 2.24) is 0 Å². The summed E-state index contributed by atoms with van der Waals surface area (Å²) in [4.78, 5) is 25.9. The van der Waals surface area contributed by atoms with Gasteiger partial charge < -0.3 is 15.0 Å². The minimum Gasteiger partial charge on any atom is -0.465 e. The van der Waals surface area contributed by atoms with Crippen LogP contribution in [0.5, 0.6) is 0 Å². The molecule has 1 amide bonds. The lowest BCUT2D eigenvalue weighted by Gasteiger charge is -2.43. The summed E-state index contributed by atoms with van der Waals surface area (Å²) in [5.41, 5.74) is 1.14. The van der Waals surface area contributed by atoms with E-state index in [0.29, 0.717) is 17.8 Å². The number of anilines is 2. The maximum absolute atomic E-state index is 12.1. The van der Waals surface area contributed by atoms with E-state index in [1.807, 2.05) is 25.7 Å². The van der Waals surface area contributed by atoms with Crippen LogP contribution in [0.3, 0.4) is 0 Å². The normalized spacial score (nSPS) is 16.6. The van der Waals surface area contributed by atoms with Crippen molar-refractivity contribution >= 4 is 23.3 Å². The third-order valence-electron chi connectivity index (χ3n) is 3.51. The molecule has 0 saturated carbocycles. The number of nitrogens with one attached hydrogen (secondary N) is 1. The highest BCUT2D eigenvalue weighted by atomic mass is 16.5. The summed E-state index contributed by atoms with van der Waals surface area (Å²) in [6, 6.07) is 5.23. The first-order valence-corrected chi connectivity index (χ1v) is 6.24. The van der Waals surface area contributed by atoms with E-state index in [2.05, 4.69) is 5.32 Å². The fraction of sp³-hybridized carbons (Fsp3) is 0.429. The van der Waals surface area contributed by atoms with Gasteiger partial charge >= 0.3 is 5.97 Å². The smallest absolute Gasteiger partial charge is 0.340 e. The molecule has 0 radical (unpaired) electrons. The van der Waals surface area contributed by atoms with Crippen LogP contribution >= 0.6 is 0 Å². The van der Waals surface area contributed by atoms with E-state index < -0.39 is 11.5 Å². The third kappa shape index (κ3) is 1.95. The van der Waals surface area contributed by atoms with Crippen molar-refractivity contribution < 1.29 is 14.3 Å². The van der Waals surface area contributed by atoms with Gasteiger partial charge in [-0.2, -0.15) is 0 Å². The van der Waals surface area contributed by atoms with E-state index in [0.717, 1.165) is 5.69 Å². The van der Waals surface area contributed by atoms with Gasteiger partial charge in [0.15, 0.2) is 0 Å². The van der Waals surface area contributed by atoms with Crippen LogP contribution in [0.2, 0.25) is 0 Å². The van der Waals surface area contributed by atoms with E-state index in [4.69, 9.17) is 4.74 Å². The number of rotatable bonds is 2. The Morgan fingerprint density at radius 2 is 2.11 bits per heavy atom. The number of ether oxygens (including phenoxy) is 1. The van der Waals surface area contributed by atoms with E-state index in [1.165, 1.54) is 7.11 Å². The van der Waals surface area contributed by atoms with Crippen molar-refractivity contribution in [3.63, 3.8) is 0 Å². The van der Waals surface area contributed by atoms with Crippen molar-refractivity contribution in [2.45, 2.75) is 26.3 Å². The first kappa shape index (κ1) is 13.4. The van der Waals surface area contributed by atoms with Gasteiger partial charge in [0.2, 0.25) is 5.91 Å². The van der Waals surface area contributed by atoms with Crippen LogP contribution in [0, 0.1) is 0 Å². The molecule has 1 heterocycles. The Bertz CT molecular complexity index is 537. The second-order valence-corrected chi connectivity index (χ2v) is 4.95. The van der Waals surface area contributed by atoms with E-state index >= 15 is 0 Å². The monoisotopic (exact) mass is 262 g/mol. The molecule has 2 rings (SSSR count). The van der Waals surface area contributed by atoms with E-state index in [-0.39, 0.29) is 5.91 Å². The summed E-state index contributed by atoms with van der Waals surface area (Å²) in [7, 11) is 1.35. The number of fused-ring (bicyclic) bond motifs is 1. The Kier molecular flexibility index (Phi) is 3.22. The lowest BCUT2D eigenvalue weighted by molar-refractivity contribution is -0.120. The summed E-state index contributed by atoms with van der Waals surface area (Å²) in [5.74, 6) is -0.480. The third-order valence-corrected chi connectivity index (χ3v) is 3.51. The highest BCUT2D eigenvalue weighted by Crippen LogP contribution is 2.39. The SMILES string of the molecule is CCN1c2c(cccc2C(=O)OC)NC(=O)C1(C)C. The largest absolute Gasteiger partial charge is 0.465 e. The van der Waals surface area contributed by atoms with Gasteiger partial charge in [-0.1, -0.05) is 6.07 Å². The molecule has 0 aromatic heterocycles. The zero-order valence-corrected chi connectivity index (χ0v) is 11.6. The number of hydrogen-bond acceptors (Lipinski definition) is 4. The Morgan fingerprint density at radius 1 is 1.42 bits per heavy atom. The van der Waals surface area contributed by atoms with Gasteiger partial charge in [-0.25, -0.2) is 4.79 Å². The van der Waals surface area contributed by atoms with Crippen LogP contribution in [0.25, 0.3) is 0 Å². The fourth-order valence-electron chi connectivity index (χ4n) is 2.44. The van der Waals surface area contributed by atoms with Crippen LogP contribution < -0.4 is 10.2 Å². The molecule has 0 spiro atoms. The molecule has 5 nitrogen and oxygen atoms in total. The molecule has 0 saturated heterocycles. The predicted octanol–water partition coefficient (Wildman–Crippen LogP) is 2.03. The first-order chi connectivity index (χ1) is 8.93. The summed E-state index contributed by atoms with van der Waals surface area (Å²) in [6.07, 6.45) is 0. The Hall–Kier alpha value is -2.04. The molecular formula is C14H18N2O3. The van der Waals surface area contributed by atoms with Crippen molar-refractivity contribution in [2.75, 3.05) is 23.9 Å². The predicted molar refractivity (Wildman–Crippen MR) is 73.5 cm³/mol. The number of carbonyl (C=O) groups is 2. The summed E-state index contributed by atoms with van der Waals surface area (Å²) in [5, 5.41) is 2.85. The number of hydrogen-bond donors (Lipinski definition) is 1. The Morgan fingerprint density at radius 3 is 2.68 bits per heavy atom. The molecule has 1 aliphatic heterocycles. The quantitative estimate of drug-likeness (QED) is 0.828. The highest BCUT2D eigenvalue weighted by molar-refractivity contribution is 6.10. The molecule has 0 fully saturated rings. The summed E-state index contributed by atoms with van der Waals surface area (Å²) < 4.78 is 4.81. The number of likely N-dealkylation sites (N-methyl/N-ethyl adjacent to an activating group) is 1. The summed E-state index contributed by atoms with van der Waals surface area (Å²) in [6.45, 7) is 6.26. The topological polar surface area (TPSA) is 58.6 Å². The number of benzene rings is 1. The molecule has 1 aromatic carbocycles. The zero-order valence-electron chi connectivity index (χ0n) is 11.6.